The molecule has 0 spiro atoms. The summed E-state index contributed by atoms with van der Waals surface area (Å²) in [6.07, 6.45) is 3.35. The van der Waals surface area contributed by atoms with E-state index in [1.54, 1.807) is 0 Å². The smallest absolute Gasteiger partial charge is 0.329 e. The Hall–Kier alpha value is -1.96. The molecule has 0 amide bonds. The van der Waals surface area contributed by atoms with Crippen molar-refractivity contribution in [2.75, 3.05) is 30.3 Å². The quantitative estimate of drug-likeness (QED) is 0.586. The molecule has 0 aromatic carbocycles. The molecule has 1 aromatic rings. The fourth-order valence-corrected chi connectivity index (χ4v) is 2.49. The van der Waals surface area contributed by atoms with E-state index < -0.39 is 4.92 Å². The van der Waals surface area contributed by atoms with E-state index in [2.05, 4.69) is 27.5 Å². The average molecular weight is 295 g/mol. The summed E-state index contributed by atoms with van der Waals surface area (Å²) in [5.74, 6) is 1.00. The zero-order valence-corrected chi connectivity index (χ0v) is 12.3. The summed E-state index contributed by atoms with van der Waals surface area (Å²) in [6, 6.07) is 0. The van der Waals surface area contributed by atoms with E-state index >= 15 is 0 Å². The molecule has 8 nitrogen and oxygen atoms in total. The van der Waals surface area contributed by atoms with Gasteiger partial charge >= 0.3 is 5.69 Å². The first-order chi connectivity index (χ1) is 10.2. The summed E-state index contributed by atoms with van der Waals surface area (Å²) in [5.41, 5.74) is -0.108. The van der Waals surface area contributed by atoms with Crippen LogP contribution in [0.4, 0.5) is 17.5 Å². The summed E-state index contributed by atoms with van der Waals surface area (Å²) >= 11 is 0. The molecule has 2 heterocycles. The lowest BCUT2D eigenvalue weighted by molar-refractivity contribution is -0.384. The summed E-state index contributed by atoms with van der Waals surface area (Å²) < 4.78 is 5.62. The van der Waals surface area contributed by atoms with Gasteiger partial charge in [0.25, 0.3) is 0 Å². The molecule has 1 aliphatic rings. The number of nitro groups is 1. The maximum absolute atomic E-state index is 11.0. The molecular weight excluding hydrogens is 274 g/mol. The minimum Gasteiger partial charge on any atom is -0.378 e. The van der Waals surface area contributed by atoms with Crippen LogP contribution in [0.15, 0.2) is 6.20 Å². The Bertz CT molecular complexity index is 497. The molecule has 21 heavy (non-hydrogen) atoms. The van der Waals surface area contributed by atoms with E-state index in [0.29, 0.717) is 25.0 Å². The first-order valence-electron chi connectivity index (χ1n) is 7.26. The third-order valence-electron chi connectivity index (χ3n) is 3.58. The van der Waals surface area contributed by atoms with Gasteiger partial charge in [0.15, 0.2) is 0 Å². The standard InChI is InChI=1S/C13H21N5O3/c1-3-11-9(5-6-21-11)7-15-12-10(18(19)20)8-16-13(17-12)14-4-2/h8-9,11H,3-7H2,1-2H3,(H2,14,15,16,17). The van der Waals surface area contributed by atoms with Crippen LogP contribution in [-0.2, 0) is 4.74 Å². The number of nitrogens with zero attached hydrogens (tertiary/aromatic N) is 3. The van der Waals surface area contributed by atoms with Crippen LogP contribution in [0.2, 0.25) is 0 Å². The number of anilines is 2. The van der Waals surface area contributed by atoms with Crippen LogP contribution in [-0.4, -0.2) is 40.7 Å². The minimum absolute atomic E-state index is 0.108. The van der Waals surface area contributed by atoms with Gasteiger partial charge in [-0.2, -0.15) is 4.98 Å². The Morgan fingerprint density at radius 2 is 2.29 bits per heavy atom. The van der Waals surface area contributed by atoms with Crippen molar-refractivity contribution in [1.82, 2.24) is 9.97 Å². The number of rotatable bonds is 7. The fourth-order valence-electron chi connectivity index (χ4n) is 2.49. The molecule has 0 aliphatic carbocycles. The number of hydrogen-bond acceptors (Lipinski definition) is 7. The van der Waals surface area contributed by atoms with Crippen molar-refractivity contribution in [2.45, 2.75) is 32.8 Å². The Labute approximate surface area is 123 Å². The summed E-state index contributed by atoms with van der Waals surface area (Å²) in [5, 5.41) is 17.1. The molecule has 1 aliphatic heterocycles. The lowest BCUT2D eigenvalue weighted by Gasteiger charge is -2.17. The van der Waals surface area contributed by atoms with Crippen molar-refractivity contribution in [3.8, 4) is 0 Å². The predicted molar refractivity (Wildman–Crippen MR) is 79.5 cm³/mol. The topological polar surface area (TPSA) is 102 Å². The zero-order valence-electron chi connectivity index (χ0n) is 12.3. The first-order valence-corrected chi connectivity index (χ1v) is 7.26. The lowest BCUT2D eigenvalue weighted by atomic mass is 10.00. The maximum atomic E-state index is 11.0. The van der Waals surface area contributed by atoms with Crippen LogP contribution < -0.4 is 10.6 Å². The first kappa shape index (κ1) is 15.4. The zero-order chi connectivity index (χ0) is 15.2. The van der Waals surface area contributed by atoms with Gasteiger partial charge in [0.05, 0.1) is 11.0 Å². The fraction of sp³-hybridized carbons (Fsp3) is 0.692. The van der Waals surface area contributed by atoms with E-state index in [1.807, 2.05) is 6.92 Å². The van der Waals surface area contributed by atoms with Crippen LogP contribution in [0.3, 0.4) is 0 Å². The van der Waals surface area contributed by atoms with Gasteiger partial charge in [-0.05, 0) is 19.8 Å². The van der Waals surface area contributed by atoms with Crippen LogP contribution in [0.5, 0.6) is 0 Å². The molecule has 116 valence electrons. The van der Waals surface area contributed by atoms with Crippen molar-refractivity contribution in [3.05, 3.63) is 16.3 Å². The minimum atomic E-state index is -0.472. The number of nitrogens with one attached hydrogen (secondary N) is 2. The molecule has 2 rings (SSSR count). The van der Waals surface area contributed by atoms with Gasteiger partial charge in [-0.3, -0.25) is 10.1 Å². The molecule has 0 bridgehead atoms. The van der Waals surface area contributed by atoms with Crippen LogP contribution in [0.1, 0.15) is 26.7 Å². The molecule has 1 saturated heterocycles. The second-order valence-electron chi connectivity index (χ2n) is 4.96. The third-order valence-corrected chi connectivity index (χ3v) is 3.58. The molecule has 8 heteroatoms. The number of ether oxygens (including phenoxy) is 1. The van der Waals surface area contributed by atoms with Gasteiger partial charge < -0.3 is 15.4 Å². The van der Waals surface area contributed by atoms with E-state index in [1.165, 1.54) is 6.20 Å². The average Bonchev–Trinajstić information content (AvgIpc) is 2.92. The van der Waals surface area contributed by atoms with Crippen LogP contribution in [0, 0.1) is 16.0 Å². The van der Waals surface area contributed by atoms with Crippen molar-refractivity contribution >= 4 is 17.5 Å². The normalized spacial score (nSPS) is 21.2. The second-order valence-corrected chi connectivity index (χ2v) is 4.96. The van der Waals surface area contributed by atoms with Crippen molar-refractivity contribution in [3.63, 3.8) is 0 Å². The second kappa shape index (κ2) is 7.16. The lowest BCUT2D eigenvalue weighted by Crippen LogP contribution is -2.23. The van der Waals surface area contributed by atoms with Gasteiger partial charge in [-0.25, -0.2) is 4.98 Å². The predicted octanol–water partition coefficient (Wildman–Crippen LogP) is 2.04. The van der Waals surface area contributed by atoms with Crippen LogP contribution >= 0.6 is 0 Å². The van der Waals surface area contributed by atoms with Crippen molar-refractivity contribution in [2.24, 2.45) is 5.92 Å². The van der Waals surface area contributed by atoms with Gasteiger partial charge in [0, 0.05) is 25.6 Å². The molecule has 1 aromatic heterocycles. The molecule has 2 unspecified atom stereocenters. The maximum Gasteiger partial charge on any atom is 0.329 e. The van der Waals surface area contributed by atoms with E-state index in [9.17, 15) is 10.1 Å². The Morgan fingerprint density at radius 1 is 1.48 bits per heavy atom. The highest BCUT2D eigenvalue weighted by Gasteiger charge is 2.27. The third kappa shape index (κ3) is 3.78. The van der Waals surface area contributed by atoms with Gasteiger partial charge in [-0.15, -0.1) is 0 Å². The molecule has 2 N–H and O–H groups in total. The Kier molecular flexibility index (Phi) is 5.26. The molecule has 1 fully saturated rings. The summed E-state index contributed by atoms with van der Waals surface area (Å²) in [7, 11) is 0. The largest absolute Gasteiger partial charge is 0.378 e. The molecule has 0 saturated carbocycles. The Morgan fingerprint density at radius 3 is 2.95 bits per heavy atom. The number of hydrogen-bond donors (Lipinski definition) is 2. The van der Waals surface area contributed by atoms with Crippen molar-refractivity contribution < 1.29 is 9.66 Å². The number of aromatic nitrogens is 2. The Balaban J connectivity index is 2.09. The monoisotopic (exact) mass is 295 g/mol. The van der Waals surface area contributed by atoms with Crippen molar-refractivity contribution in [1.29, 1.82) is 0 Å². The van der Waals surface area contributed by atoms with E-state index in [-0.39, 0.29) is 17.6 Å². The molecule has 2 atom stereocenters. The summed E-state index contributed by atoms with van der Waals surface area (Å²) in [4.78, 5) is 18.7. The molecule has 0 radical (unpaired) electrons. The highest BCUT2D eigenvalue weighted by atomic mass is 16.6. The highest BCUT2D eigenvalue weighted by Crippen LogP contribution is 2.26. The van der Waals surface area contributed by atoms with Gasteiger partial charge in [0.2, 0.25) is 11.8 Å². The van der Waals surface area contributed by atoms with E-state index in [0.717, 1.165) is 19.4 Å². The van der Waals surface area contributed by atoms with Gasteiger partial charge in [-0.1, -0.05) is 6.92 Å². The van der Waals surface area contributed by atoms with Gasteiger partial charge in [0.1, 0.15) is 6.20 Å². The summed E-state index contributed by atoms with van der Waals surface area (Å²) in [6.45, 7) is 6.02. The SMILES string of the molecule is CCNc1ncc([N+](=O)[O-])c(NCC2CCOC2CC)n1. The van der Waals surface area contributed by atoms with E-state index in [4.69, 9.17) is 4.74 Å². The highest BCUT2D eigenvalue weighted by molar-refractivity contribution is 5.56. The molecular formula is C13H21N5O3. The van der Waals surface area contributed by atoms with Crippen LogP contribution in [0.25, 0.3) is 0 Å².